The Hall–Kier alpha value is -2.03. The Morgan fingerprint density at radius 3 is 2.17 bits per heavy atom. The molecule has 10 nitrogen and oxygen atoms in total. The number of alkyl halides is 1. The minimum atomic E-state index is -1.18. The topological polar surface area (TPSA) is 137 Å². The number of hydrogen-bond acceptors (Lipinski definition) is 8. The number of nitrogens with zero attached hydrogens (tertiary/aromatic N) is 3. The lowest BCUT2D eigenvalue weighted by atomic mass is 9.97. The van der Waals surface area contributed by atoms with Gasteiger partial charge >= 0.3 is 17.9 Å². The van der Waals surface area contributed by atoms with Crippen molar-refractivity contribution in [3.8, 4) is 0 Å². The fraction of sp³-hybridized carbons (Fsp3) is 0.750. The molecular weight excluding hydrogens is 334 g/mol. The lowest BCUT2D eigenvalue weighted by Crippen LogP contribution is -2.59. The van der Waals surface area contributed by atoms with Gasteiger partial charge in [0, 0.05) is 25.7 Å². The van der Waals surface area contributed by atoms with Crippen LogP contribution in [0, 0.1) is 0 Å². The third-order valence-electron chi connectivity index (χ3n) is 2.84. The van der Waals surface area contributed by atoms with Gasteiger partial charge in [0.15, 0.2) is 11.7 Å². The molecule has 23 heavy (non-hydrogen) atoms. The van der Waals surface area contributed by atoms with Crippen LogP contribution in [-0.2, 0) is 33.3 Å². The van der Waals surface area contributed by atoms with Crippen molar-refractivity contribution in [2.45, 2.75) is 50.7 Å². The van der Waals surface area contributed by atoms with Gasteiger partial charge in [0.25, 0.3) is 0 Å². The standard InChI is InChI=1S/C12H16ClN3O7/c1-5(17)20-4-8-10(21-6(2)18)9(15-16-14)11(12(13)23-8)22-7(3)19/h8-12H,4H2,1-3H3/t8?,9-,10-,11?,12+/m0/s1. The molecular formula is C12H16ClN3O7. The van der Waals surface area contributed by atoms with Gasteiger partial charge in [-0.2, -0.15) is 0 Å². The molecule has 1 saturated heterocycles. The molecule has 1 heterocycles. The highest BCUT2D eigenvalue weighted by Gasteiger charge is 2.49. The summed E-state index contributed by atoms with van der Waals surface area (Å²) >= 11 is 6.01. The largest absolute Gasteiger partial charge is 0.463 e. The minimum Gasteiger partial charge on any atom is -0.463 e. The first-order valence-electron chi connectivity index (χ1n) is 6.57. The Balaban J connectivity index is 3.09. The Morgan fingerprint density at radius 1 is 1.13 bits per heavy atom. The van der Waals surface area contributed by atoms with Crippen molar-refractivity contribution < 1.29 is 33.3 Å². The molecule has 0 N–H and O–H groups in total. The van der Waals surface area contributed by atoms with Crippen LogP contribution in [0.25, 0.3) is 10.4 Å². The van der Waals surface area contributed by atoms with E-state index in [0.29, 0.717) is 0 Å². The molecule has 1 aliphatic heterocycles. The monoisotopic (exact) mass is 349 g/mol. The summed E-state index contributed by atoms with van der Waals surface area (Å²) in [7, 11) is 0. The minimum absolute atomic E-state index is 0.277. The highest BCUT2D eigenvalue weighted by molar-refractivity contribution is 6.20. The first-order chi connectivity index (χ1) is 10.8. The van der Waals surface area contributed by atoms with E-state index in [0.717, 1.165) is 13.8 Å². The predicted octanol–water partition coefficient (Wildman–Crippen LogP) is 1.06. The van der Waals surface area contributed by atoms with Crippen molar-refractivity contribution in [3.63, 3.8) is 0 Å². The molecule has 0 radical (unpaired) electrons. The molecule has 0 aromatic rings. The zero-order chi connectivity index (χ0) is 17.6. The summed E-state index contributed by atoms with van der Waals surface area (Å²) in [5.41, 5.74) is 7.54. The Bertz CT molecular complexity index is 523. The first-order valence-corrected chi connectivity index (χ1v) is 7.01. The van der Waals surface area contributed by atoms with Crippen LogP contribution in [0.4, 0.5) is 0 Å². The van der Waals surface area contributed by atoms with E-state index >= 15 is 0 Å². The Kier molecular flexibility index (Phi) is 7.08. The maximum Gasteiger partial charge on any atom is 0.303 e. The molecule has 0 aromatic carbocycles. The second-order valence-corrected chi connectivity index (χ2v) is 5.10. The second-order valence-electron chi connectivity index (χ2n) is 4.67. The summed E-state index contributed by atoms with van der Waals surface area (Å²) in [5.74, 6) is -1.94. The molecule has 0 aromatic heterocycles. The third-order valence-corrected chi connectivity index (χ3v) is 3.19. The van der Waals surface area contributed by atoms with E-state index in [1.54, 1.807) is 0 Å². The summed E-state index contributed by atoms with van der Waals surface area (Å²) in [6, 6.07) is -1.13. The van der Waals surface area contributed by atoms with Crippen LogP contribution in [0.15, 0.2) is 5.11 Å². The van der Waals surface area contributed by atoms with Gasteiger partial charge in [0.05, 0.1) is 0 Å². The second kappa shape index (κ2) is 8.56. The Morgan fingerprint density at radius 2 is 1.70 bits per heavy atom. The number of hydrogen-bond donors (Lipinski definition) is 0. The lowest BCUT2D eigenvalue weighted by molar-refractivity contribution is -0.202. The highest BCUT2D eigenvalue weighted by atomic mass is 35.5. The molecule has 0 saturated carbocycles. The molecule has 5 atom stereocenters. The lowest BCUT2D eigenvalue weighted by Gasteiger charge is -2.41. The summed E-state index contributed by atoms with van der Waals surface area (Å²) in [4.78, 5) is 36.1. The van der Waals surface area contributed by atoms with E-state index in [4.69, 9.17) is 36.1 Å². The van der Waals surface area contributed by atoms with Crippen LogP contribution >= 0.6 is 11.6 Å². The molecule has 1 aliphatic rings. The van der Waals surface area contributed by atoms with Crippen LogP contribution in [0.3, 0.4) is 0 Å². The SMILES string of the molecule is CC(=O)OCC1O[C@@H](Cl)C(OC(C)=O)[C@@H](N=[N+]=[N-])[C@H]1OC(C)=O. The van der Waals surface area contributed by atoms with Gasteiger partial charge in [-0.25, -0.2) is 0 Å². The normalized spacial score (nSPS) is 29.8. The van der Waals surface area contributed by atoms with Crippen molar-refractivity contribution in [1.82, 2.24) is 0 Å². The van der Waals surface area contributed by atoms with Gasteiger partial charge < -0.3 is 18.9 Å². The third kappa shape index (κ3) is 5.59. The smallest absolute Gasteiger partial charge is 0.303 e. The van der Waals surface area contributed by atoms with Crippen LogP contribution in [0.1, 0.15) is 20.8 Å². The number of esters is 3. The molecule has 0 bridgehead atoms. The number of carbonyl (C=O) groups is 3. The molecule has 1 rings (SSSR count). The van der Waals surface area contributed by atoms with Gasteiger partial charge in [0.2, 0.25) is 0 Å². The molecule has 2 unspecified atom stereocenters. The molecule has 0 spiro atoms. The van der Waals surface area contributed by atoms with Gasteiger partial charge in [-0.05, 0) is 5.53 Å². The molecule has 0 amide bonds. The first kappa shape index (κ1) is 19.0. The van der Waals surface area contributed by atoms with Gasteiger partial charge in [-0.3, -0.25) is 14.4 Å². The number of carbonyl (C=O) groups excluding carboxylic acids is 3. The van der Waals surface area contributed by atoms with E-state index in [1.165, 1.54) is 6.92 Å². The van der Waals surface area contributed by atoms with Gasteiger partial charge in [-0.1, -0.05) is 16.7 Å². The summed E-state index contributed by atoms with van der Waals surface area (Å²) in [6.07, 6.45) is -3.28. The fourth-order valence-electron chi connectivity index (χ4n) is 2.06. The summed E-state index contributed by atoms with van der Waals surface area (Å²) in [6.45, 7) is 3.20. The van der Waals surface area contributed by atoms with Crippen LogP contribution in [-0.4, -0.2) is 54.4 Å². The number of azide groups is 1. The van der Waals surface area contributed by atoms with Crippen molar-refractivity contribution in [1.29, 1.82) is 0 Å². The van der Waals surface area contributed by atoms with Crippen LogP contribution in [0.5, 0.6) is 0 Å². The summed E-state index contributed by atoms with van der Waals surface area (Å²) in [5, 5.41) is 3.50. The number of halogens is 1. The molecule has 1 fully saturated rings. The summed E-state index contributed by atoms with van der Waals surface area (Å²) < 4.78 is 20.3. The number of ether oxygens (including phenoxy) is 4. The van der Waals surface area contributed by atoms with Gasteiger partial charge in [-0.15, -0.1) is 0 Å². The van der Waals surface area contributed by atoms with Crippen LogP contribution in [0.2, 0.25) is 0 Å². The average molecular weight is 350 g/mol. The highest BCUT2D eigenvalue weighted by Crippen LogP contribution is 2.30. The maximum atomic E-state index is 11.3. The van der Waals surface area contributed by atoms with E-state index in [9.17, 15) is 14.4 Å². The molecule has 11 heteroatoms. The van der Waals surface area contributed by atoms with Crippen molar-refractivity contribution in [2.24, 2.45) is 5.11 Å². The zero-order valence-corrected chi connectivity index (χ0v) is 13.4. The van der Waals surface area contributed by atoms with Crippen molar-refractivity contribution in [3.05, 3.63) is 10.4 Å². The number of rotatable bonds is 5. The van der Waals surface area contributed by atoms with Crippen molar-refractivity contribution >= 4 is 29.5 Å². The van der Waals surface area contributed by atoms with E-state index in [-0.39, 0.29) is 6.61 Å². The fourth-order valence-corrected chi connectivity index (χ4v) is 2.39. The zero-order valence-electron chi connectivity index (χ0n) is 12.7. The van der Waals surface area contributed by atoms with E-state index in [2.05, 4.69) is 10.0 Å². The maximum absolute atomic E-state index is 11.3. The molecule has 128 valence electrons. The average Bonchev–Trinajstić information content (AvgIpc) is 2.43. The van der Waals surface area contributed by atoms with E-state index < -0.39 is 47.8 Å². The predicted molar refractivity (Wildman–Crippen MR) is 75.2 cm³/mol. The Labute approximate surface area is 136 Å². The molecule has 0 aliphatic carbocycles. The van der Waals surface area contributed by atoms with Crippen LogP contribution < -0.4 is 0 Å². The quantitative estimate of drug-likeness (QED) is 0.180. The van der Waals surface area contributed by atoms with Crippen molar-refractivity contribution in [2.75, 3.05) is 6.61 Å². The van der Waals surface area contributed by atoms with Gasteiger partial charge in [0.1, 0.15) is 24.9 Å². The van der Waals surface area contributed by atoms with E-state index in [1.807, 2.05) is 0 Å².